The van der Waals surface area contributed by atoms with Crippen molar-refractivity contribution >= 4 is 5.91 Å². The van der Waals surface area contributed by atoms with E-state index in [1.807, 2.05) is 31.2 Å². The van der Waals surface area contributed by atoms with Gasteiger partial charge in [-0.05, 0) is 37.5 Å². The number of nitrogens with one attached hydrogen (secondary N) is 1. The van der Waals surface area contributed by atoms with E-state index in [0.29, 0.717) is 6.04 Å². The van der Waals surface area contributed by atoms with E-state index in [9.17, 15) is 4.79 Å². The van der Waals surface area contributed by atoms with E-state index in [1.165, 1.54) is 57.8 Å². The van der Waals surface area contributed by atoms with E-state index in [4.69, 9.17) is 4.74 Å². The van der Waals surface area contributed by atoms with Crippen molar-refractivity contribution in [3.05, 3.63) is 29.8 Å². The summed E-state index contributed by atoms with van der Waals surface area (Å²) >= 11 is 0. The van der Waals surface area contributed by atoms with E-state index < -0.39 is 0 Å². The minimum absolute atomic E-state index is 0.00796. The minimum Gasteiger partial charge on any atom is -0.484 e. The predicted molar refractivity (Wildman–Crippen MR) is 99.4 cm³/mol. The molecule has 1 N–H and O–H groups in total. The Labute approximate surface area is 147 Å². The molecule has 0 unspecified atom stereocenters. The third kappa shape index (κ3) is 7.85. The number of rotatable bonds is 4. The van der Waals surface area contributed by atoms with Crippen LogP contribution in [0.5, 0.6) is 5.75 Å². The van der Waals surface area contributed by atoms with Crippen molar-refractivity contribution in [2.75, 3.05) is 6.61 Å². The van der Waals surface area contributed by atoms with Crippen LogP contribution in [0.25, 0.3) is 0 Å². The van der Waals surface area contributed by atoms with Gasteiger partial charge in [-0.25, -0.2) is 0 Å². The molecule has 1 fully saturated rings. The fraction of sp³-hybridized carbons (Fsp3) is 0.667. The molecule has 1 aliphatic carbocycles. The first kappa shape index (κ1) is 18.8. The van der Waals surface area contributed by atoms with Crippen molar-refractivity contribution in [3.63, 3.8) is 0 Å². The van der Waals surface area contributed by atoms with Gasteiger partial charge in [-0.2, -0.15) is 0 Å². The molecule has 1 aliphatic rings. The summed E-state index contributed by atoms with van der Waals surface area (Å²) in [7, 11) is 0. The molecule has 0 atom stereocenters. The second kappa shape index (κ2) is 11.1. The van der Waals surface area contributed by atoms with Gasteiger partial charge < -0.3 is 10.1 Å². The Kier molecular flexibility index (Phi) is 8.72. The van der Waals surface area contributed by atoms with Crippen LogP contribution in [-0.4, -0.2) is 18.6 Å². The summed E-state index contributed by atoms with van der Waals surface area (Å²) in [6.45, 7) is 2.14. The Hall–Kier alpha value is -1.51. The summed E-state index contributed by atoms with van der Waals surface area (Å²) in [6, 6.07) is 8.16. The first-order valence-electron chi connectivity index (χ1n) is 9.73. The summed E-state index contributed by atoms with van der Waals surface area (Å²) in [5, 5.41) is 3.19. The lowest BCUT2D eigenvalue weighted by atomic mass is 9.98. The van der Waals surface area contributed by atoms with Crippen molar-refractivity contribution in [1.29, 1.82) is 0 Å². The molecule has 0 aromatic heterocycles. The van der Waals surface area contributed by atoms with Crippen LogP contribution in [0, 0.1) is 6.92 Å². The molecule has 1 saturated carbocycles. The molecule has 1 amide bonds. The smallest absolute Gasteiger partial charge is 0.258 e. The highest BCUT2D eigenvalue weighted by Crippen LogP contribution is 2.17. The number of aryl methyl sites for hydroxylation is 1. The Morgan fingerprint density at radius 1 is 1.00 bits per heavy atom. The Balaban J connectivity index is 1.74. The van der Waals surface area contributed by atoms with Crippen LogP contribution in [0.2, 0.25) is 0 Å². The third-order valence-corrected chi connectivity index (χ3v) is 4.83. The second-order valence-electron chi connectivity index (χ2n) is 7.13. The quantitative estimate of drug-likeness (QED) is 0.827. The maximum absolute atomic E-state index is 12.2. The normalized spacial score (nSPS) is 18.2. The van der Waals surface area contributed by atoms with Gasteiger partial charge >= 0.3 is 0 Å². The fourth-order valence-electron chi connectivity index (χ4n) is 3.43. The lowest BCUT2D eigenvalue weighted by Gasteiger charge is -2.19. The molecule has 2 rings (SSSR count). The predicted octanol–water partition coefficient (Wildman–Crippen LogP) is 5.16. The van der Waals surface area contributed by atoms with E-state index in [1.54, 1.807) is 0 Å². The molecule has 0 saturated heterocycles. The van der Waals surface area contributed by atoms with Crippen molar-refractivity contribution < 1.29 is 9.53 Å². The highest BCUT2D eigenvalue weighted by atomic mass is 16.5. The van der Waals surface area contributed by atoms with Gasteiger partial charge in [0.2, 0.25) is 0 Å². The van der Waals surface area contributed by atoms with Gasteiger partial charge in [-0.15, -0.1) is 0 Å². The maximum Gasteiger partial charge on any atom is 0.258 e. The molecule has 0 radical (unpaired) electrons. The molecule has 0 heterocycles. The highest BCUT2D eigenvalue weighted by molar-refractivity contribution is 5.77. The Morgan fingerprint density at radius 2 is 1.58 bits per heavy atom. The maximum atomic E-state index is 12.2. The van der Waals surface area contributed by atoms with Crippen LogP contribution < -0.4 is 10.1 Å². The zero-order valence-corrected chi connectivity index (χ0v) is 15.2. The van der Waals surface area contributed by atoms with Gasteiger partial charge in [0.25, 0.3) is 5.91 Å². The van der Waals surface area contributed by atoms with Crippen molar-refractivity contribution in [2.45, 2.75) is 83.6 Å². The average Bonchev–Trinajstić information content (AvgIpc) is 2.55. The summed E-state index contributed by atoms with van der Waals surface area (Å²) in [6.07, 6.45) is 14.1. The van der Waals surface area contributed by atoms with Gasteiger partial charge in [-0.3, -0.25) is 4.79 Å². The Bertz CT molecular complexity index is 474. The molecule has 3 heteroatoms. The van der Waals surface area contributed by atoms with E-state index in [-0.39, 0.29) is 12.5 Å². The third-order valence-electron chi connectivity index (χ3n) is 4.83. The highest BCUT2D eigenvalue weighted by Gasteiger charge is 2.13. The first-order chi connectivity index (χ1) is 11.7. The number of amides is 1. The minimum atomic E-state index is 0.00796. The Morgan fingerprint density at radius 3 is 2.17 bits per heavy atom. The van der Waals surface area contributed by atoms with Crippen molar-refractivity contribution in [2.24, 2.45) is 0 Å². The summed E-state index contributed by atoms with van der Waals surface area (Å²) < 4.78 is 5.62. The number of benzene rings is 1. The number of hydrogen-bond donors (Lipinski definition) is 1. The first-order valence-corrected chi connectivity index (χ1v) is 9.73. The zero-order chi connectivity index (χ0) is 17.0. The van der Waals surface area contributed by atoms with Gasteiger partial charge in [0, 0.05) is 6.04 Å². The van der Waals surface area contributed by atoms with Crippen LogP contribution in [-0.2, 0) is 4.79 Å². The topological polar surface area (TPSA) is 38.3 Å². The lowest BCUT2D eigenvalue weighted by molar-refractivity contribution is -0.123. The number of hydrogen-bond acceptors (Lipinski definition) is 2. The molecule has 1 aromatic rings. The van der Waals surface area contributed by atoms with Crippen LogP contribution in [0.3, 0.4) is 0 Å². The van der Waals surface area contributed by atoms with E-state index in [2.05, 4.69) is 5.32 Å². The summed E-state index contributed by atoms with van der Waals surface area (Å²) in [5.41, 5.74) is 1.15. The summed E-state index contributed by atoms with van der Waals surface area (Å²) in [5.74, 6) is 0.775. The molecule has 0 aliphatic heterocycles. The van der Waals surface area contributed by atoms with Gasteiger partial charge in [-0.1, -0.05) is 69.9 Å². The second-order valence-corrected chi connectivity index (χ2v) is 7.13. The molecule has 0 spiro atoms. The number of carbonyl (C=O) groups is 1. The molecular weight excluding hydrogens is 298 g/mol. The van der Waals surface area contributed by atoms with Crippen LogP contribution in [0.4, 0.5) is 0 Å². The van der Waals surface area contributed by atoms with Crippen LogP contribution in [0.1, 0.15) is 76.2 Å². The fourth-order valence-corrected chi connectivity index (χ4v) is 3.43. The van der Waals surface area contributed by atoms with E-state index >= 15 is 0 Å². The van der Waals surface area contributed by atoms with Crippen LogP contribution >= 0.6 is 0 Å². The molecule has 3 nitrogen and oxygen atoms in total. The number of carbonyl (C=O) groups excluding carboxylic acids is 1. The SMILES string of the molecule is Cc1cccc(OCC(=O)NC2CCCCCCCCCCC2)c1. The van der Waals surface area contributed by atoms with Gasteiger partial charge in [0.05, 0.1) is 0 Å². The average molecular weight is 332 g/mol. The van der Waals surface area contributed by atoms with Gasteiger partial charge in [0.1, 0.15) is 5.75 Å². The molecule has 24 heavy (non-hydrogen) atoms. The van der Waals surface area contributed by atoms with Crippen molar-refractivity contribution in [3.8, 4) is 5.75 Å². The number of ether oxygens (including phenoxy) is 1. The zero-order valence-electron chi connectivity index (χ0n) is 15.2. The molecule has 1 aromatic carbocycles. The molecular formula is C21H33NO2. The largest absolute Gasteiger partial charge is 0.484 e. The van der Waals surface area contributed by atoms with E-state index in [0.717, 1.165) is 24.2 Å². The molecule has 134 valence electrons. The monoisotopic (exact) mass is 331 g/mol. The van der Waals surface area contributed by atoms with Crippen molar-refractivity contribution in [1.82, 2.24) is 5.32 Å². The summed E-state index contributed by atoms with van der Waals surface area (Å²) in [4.78, 5) is 12.2. The van der Waals surface area contributed by atoms with Gasteiger partial charge in [0.15, 0.2) is 6.61 Å². The standard InChI is InChI=1S/C21H33NO2/c1-18-12-11-15-20(16-18)24-17-21(23)22-19-13-9-7-5-3-2-4-6-8-10-14-19/h11-12,15-16,19H,2-10,13-14,17H2,1H3,(H,22,23). The lowest BCUT2D eigenvalue weighted by Crippen LogP contribution is -2.38. The van der Waals surface area contributed by atoms with Crippen LogP contribution in [0.15, 0.2) is 24.3 Å². The molecule has 0 bridgehead atoms.